The van der Waals surface area contributed by atoms with E-state index in [0.29, 0.717) is 11.0 Å². The number of phenolic OH excluding ortho intramolecular Hbond substituents is 1. The Morgan fingerprint density at radius 3 is 2.21 bits per heavy atom. The maximum atomic E-state index is 11.2. The number of carbonyl (C=O) groups excluding carboxylic acids is 1. The van der Waals surface area contributed by atoms with E-state index in [-0.39, 0.29) is 5.75 Å². The summed E-state index contributed by atoms with van der Waals surface area (Å²) in [5, 5.41) is 9.91. The third-order valence-corrected chi connectivity index (χ3v) is 3.82. The molecule has 1 saturated heterocycles. The smallest absolute Gasteiger partial charge is 0.498 e. The lowest BCUT2D eigenvalue weighted by Crippen LogP contribution is -2.41. The average Bonchev–Trinajstić information content (AvgIpc) is 2.48. The standard InChI is InChI=1S/C13H18BNO4/c1-12(2)13(3,4)19-14(18-12)9-7-8(11(15)17)5-6-10(9)16/h5-7,16H,1-4H3,(H2,15,17). The lowest BCUT2D eigenvalue weighted by molar-refractivity contribution is 0.00578. The number of primary amides is 1. The summed E-state index contributed by atoms with van der Waals surface area (Å²) >= 11 is 0. The van der Waals surface area contributed by atoms with Gasteiger partial charge in [-0.1, -0.05) is 0 Å². The van der Waals surface area contributed by atoms with Gasteiger partial charge in [0.15, 0.2) is 0 Å². The molecule has 1 aliphatic rings. The molecule has 1 amide bonds. The van der Waals surface area contributed by atoms with Crippen molar-refractivity contribution in [3.8, 4) is 5.75 Å². The molecule has 1 aromatic rings. The molecular weight excluding hydrogens is 245 g/mol. The SMILES string of the molecule is CC1(C)OB(c2cc(C(N)=O)ccc2O)OC1(C)C. The first-order valence-electron chi connectivity index (χ1n) is 6.12. The summed E-state index contributed by atoms with van der Waals surface area (Å²) in [6.45, 7) is 7.67. The molecule has 1 heterocycles. The minimum absolute atomic E-state index is 0.0171. The quantitative estimate of drug-likeness (QED) is 0.773. The van der Waals surface area contributed by atoms with Crippen molar-refractivity contribution in [1.82, 2.24) is 0 Å². The predicted octanol–water partition coefficient (Wildman–Crippen LogP) is 0.790. The molecule has 0 aliphatic carbocycles. The molecule has 0 aromatic heterocycles. The molecule has 1 aromatic carbocycles. The maximum absolute atomic E-state index is 11.2. The Morgan fingerprint density at radius 2 is 1.74 bits per heavy atom. The Balaban J connectivity index is 2.39. The molecule has 0 bridgehead atoms. The zero-order valence-corrected chi connectivity index (χ0v) is 11.6. The van der Waals surface area contributed by atoms with Crippen molar-refractivity contribution in [2.24, 2.45) is 5.73 Å². The number of rotatable bonds is 2. The molecule has 5 nitrogen and oxygen atoms in total. The van der Waals surface area contributed by atoms with Crippen LogP contribution < -0.4 is 11.2 Å². The fourth-order valence-corrected chi connectivity index (χ4v) is 1.87. The molecule has 2 rings (SSSR count). The number of phenols is 1. The van der Waals surface area contributed by atoms with Crippen molar-refractivity contribution in [2.75, 3.05) is 0 Å². The fraction of sp³-hybridized carbons (Fsp3) is 0.462. The Morgan fingerprint density at radius 1 is 1.21 bits per heavy atom. The highest BCUT2D eigenvalue weighted by Crippen LogP contribution is 2.37. The van der Waals surface area contributed by atoms with Gasteiger partial charge in [-0.25, -0.2) is 0 Å². The van der Waals surface area contributed by atoms with E-state index in [1.54, 1.807) is 0 Å². The van der Waals surface area contributed by atoms with Crippen LogP contribution in [0.5, 0.6) is 5.75 Å². The normalized spacial score (nSPS) is 20.5. The first kappa shape index (κ1) is 13.9. The van der Waals surface area contributed by atoms with Gasteiger partial charge in [-0.15, -0.1) is 0 Å². The van der Waals surface area contributed by atoms with Gasteiger partial charge in [0.1, 0.15) is 5.75 Å². The summed E-state index contributed by atoms with van der Waals surface area (Å²) in [6.07, 6.45) is 0. The average molecular weight is 263 g/mol. The van der Waals surface area contributed by atoms with Gasteiger partial charge in [-0.3, -0.25) is 4.79 Å². The highest BCUT2D eigenvalue weighted by Gasteiger charge is 2.52. The number of hydrogen-bond acceptors (Lipinski definition) is 4. The van der Waals surface area contributed by atoms with Crippen LogP contribution in [0.3, 0.4) is 0 Å². The highest BCUT2D eigenvalue weighted by atomic mass is 16.7. The summed E-state index contributed by atoms with van der Waals surface area (Å²) in [5.41, 5.74) is 4.94. The van der Waals surface area contributed by atoms with Crippen LogP contribution >= 0.6 is 0 Å². The van der Waals surface area contributed by atoms with Crippen molar-refractivity contribution in [2.45, 2.75) is 38.9 Å². The van der Waals surface area contributed by atoms with Gasteiger partial charge in [0.25, 0.3) is 0 Å². The molecule has 19 heavy (non-hydrogen) atoms. The van der Waals surface area contributed by atoms with Gasteiger partial charge >= 0.3 is 7.12 Å². The Kier molecular flexibility index (Phi) is 3.11. The van der Waals surface area contributed by atoms with E-state index in [1.807, 2.05) is 27.7 Å². The summed E-state index contributed by atoms with van der Waals surface area (Å²) in [7, 11) is -0.718. The molecule has 102 valence electrons. The largest absolute Gasteiger partial charge is 0.508 e. The molecule has 0 spiro atoms. The Labute approximate surface area is 112 Å². The third-order valence-electron chi connectivity index (χ3n) is 3.82. The van der Waals surface area contributed by atoms with E-state index >= 15 is 0 Å². The van der Waals surface area contributed by atoms with E-state index in [1.165, 1.54) is 18.2 Å². The number of aromatic hydroxyl groups is 1. The molecule has 0 unspecified atom stereocenters. The molecule has 0 radical (unpaired) electrons. The second-order valence-corrected chi connectivity index (χ2v) is 5.73. The van der Waals surface area contributed by atoms with Crippen LogP contribution in [-0.4, -0.2) is 29.3 Å². The number of amides is 1. The van der Waals surface area contributed by atoms with E-state index in [0.717, 1.165) is 0 Å². The van der Waals surface area contributed by atoms with Crippen molar-refractivity contribution >= 4 is 18.5 Å². The number of benzene rings is 1. The van der Waals surface area contributed by atoms with Crippen molar-refractivity contribution in [3.05, 3.63) is 23.8 Å². The molecule has 0 atom stereocenters. The molecule has 1 aliphatic heterocycles. The minimum atomic E-state index is -0.718. The zero-order valence-electron chi connectivity index (χ0n) is 11.6. The van der Waals surface area contributed by atoms with Gasteiger partial charge < -0.3 is 20.1 Å². The second kappa shape index (κ2) is 4.25. The predicted molar refractivity (Wildman–Crippen MR) is 72.3 cm³/mol. The van der Waals surface area contributed by atoms with E-state index in [4.69, 9.17) is 15.0 Å². The van der Waals surface area contributed by atoms with Crippen LogP contribution in [0.15, 0.2) is 18.2 Å². The van der Waals surface area contributed by atoms with Gasteiger partial charge in [-0.05, 0) is 45.9 Å². The fourth-order valence-electron chi connectivity index (χ4n) is 1.87. The maximum Gasteiger partial charge on any atom is 0.498 e. The van der Waals surface area contributed by atoms with Crippen LogP contribution in [0.25, 0.3) is 0 Å². The Hall–Kier alpha value is -1.53. The minimum Gasteiger partial charge on any atom is -0.508 e. The number of hydrogen-bond donors (Lipinski definition) is 2. The van der Waals surface area contributed by atoms with E-state index in [9.17, 15) is 9.90 Å². The van der Waals surface area contributed by atoms with Crippen LogP contribution in [0.2, 0.25) is 0 Å². The molecule has 1 fully saturated rings. The van der Waals surface area contributed by atoms with Gasteiger partial charge in [0, 0.05) is 11.0 Å². The lowest BCUT2D eigenvalue weighted by atomic mass is 9.77. The Bertz CT molecular complexity index is 511. The first-order valence-corrected chi connectivity index (χ1v) is 6.12. The monoisotopic (exact) mass is 263 g/mol. The van der Waals surface area contributed by atoms with Crippen molar-refractivity contribution < 1.29 is 19.2 Å². The summed E-state index contributed by atoms with van der Waals surface area (Å²) in [6, 6.07) is 4.38. The van der Waals surface area contributed by atoms with Gasteiger partial charge in [-0.2, -0.15) is 0 Å². The number of nitrogens with two attached hydrogens (primary N) is 1. The molecule has 3 N–H and O–H groups in total. The van der Waals surface area contributed by atoms with E-state index in [2.05, 4.69) is 0 Å². The molecular formula is C13H18BNO4. The zero-order chi connectivity index (χ0) is 14.4. The second-order valence-electron chi connectivity index (χ2n) is 5.73. The van der Waals surface area contributed by atoms with Crippen molar-refractivity contribution in [1.29, 1.82) is 0 Å². The topological polar surface area (TPSA) is 81.8 Å². The summed E-state index contributed by atoms with van der Waals surface area (Å²) in [4.78, 5) is 11.2. The van der Waals surface area contributed by atoms with Gasteiger partial charge in [0.05, 0.1) is 11.2 Å². The molecule has 6 heteroatoms. The summed E-state index contributed by atoms with van der Waals surface area (Å²) in [5.74, 6) is -0.540. The van der Waals surface area contributed by atoms with Crippen LogP contribution in [-0.2, 0) is 9.31 Å². The molecule has 0 saturated carbocycles. The number of carbonyl (C=O) groups is 1. The van der Waals surface area contributed by atoms with Crippen molar-refractivity contribution in [3.63, 3.8) is 0 Å². The van der Waals surface area contributed by atoms with E-state index < -0.39 is 24.2 Å². The third kappa shape index (κ3) is 2.33. The first-order chi connectivity index (χ1) is 8.64. The van der Waals surface area contributed by atoms with Crippen LogP contribution in [0.1, 0.15) is 38.1 Å². The van der Waals surface area contributed by atoms with Gasteiger partial charge in [0.2, 0.25) is 5.91 Å². The highest BCUT2D eigenvalue weighted by molar-refractivity contribution is 6.63. The lowest BCUT2D eigenvalue weighted by Gasteiger charge is -2.32. The van der Waals surface area contributed by atoms with Crippen LogP contribution in [0.4, 0.5) is 0 Å². The van der Waals surface area contributed by atoms with Crippen LogP contribution in [0, 0.1) is 0 Å². The summed E-state index contributed by atoms with van der Waals surface area (Å²) < 4.78 is 11.7.